The second-order valence-electron chi connectivity index (χ2n) is 8.03. The Labute approximate surface area is 184 Å². The topological polar surface area (TPSA) is 70.2 Å². The van der Waals surface area contributed by atoms with Gasteiger partial charge in [0.25, 0.3) is 5.91 Å². The summed E-state index contributed by atoms with van der Waals surface area (Å²) in [6.07, 6.45) is 1.68. The van der Waals surface area contributed by atoms with E-state index in [4.69, 9.17) is 27.9 Å². The number of hydrogen-bond acceptors (Lipinski definition) is 4. The lowest BCUT2D eigenvalue weighted by Crippen LogP contribution is -2.60. The van der Waals surface area contributed by atoms with Crippen LogP contribution in [0.25, 0.3) is 10.9 Å². The Morgan fingerprint density at radius 1 is 1.13 bits per heavy atom. The molecule has 0 radical (unpaired) electrons. The van der Waals surface area contributed by atoms with E-state index in [2.05, 4.69) is 20.4 Å². The van der Waals surface area contributed by atoms with Gasteiger partial charge in [0, 0.05) is 30.1 Å². The van der Waals surface area contributed by atoms with E-state index in [1.807, 2.05) is 42.5 Å². The number of rotatable bonds is 4. The fraction of sp³-hybridized carbons (Fsp3) is 0.364. The summed E-state index contributed by atoms with van der Waals surface area (Å²) < 4.78 is 5.81. The second kappa shape index (κ2) is 8.19. The predicted octanol–water partition coefficient (Wildman–Crippen LogP) is 4.03. The Bertz CT molecular complexity index is 1070. The van der Waals surface area contributed by atoms with Gasteiger partial charge in [-0.25, -0.2) is 0 Å². The van der Waals surface area contributed by atoms with Crippen LogP contribution in [0.1, 0.15) is 28.9 Å². The van der Waals surface area contributed by atoms with Crippen molar-refractivity contribution in [2.45, 2.75) is 37.5 Å². The molecule has 2 saturated heterocycles. The molecule has 2 N–H and O–H groups in total. The zero-order valence-corrected chi connectivity index (χ0v) is 17.8. The van der Waals surface area contributed by atoms with Crippen LogP contribution in [-0.4, -0.2) is 52.3 Å². The maximum Gasteiger partial charge on any atom is 0.272 e. The van der Waals surface area contributed by atoms with Crippen molar-refractivity contribution in [2.24, 2.45) is 0 Å². The molecule has 0 spiro atoms. The molecule has 156 valence electrons. The van der Waals surface area contributed by atoms with Crippen LogP contribution in [0.2, 0.25) is 10.0 Å². The first-order valence-electron chi connectivity index (χ1n) is 10.1. The van der Waals surface area contributed by atoms with Crippen molar-refractivity contribution in [3.05, 3.63) is 63.8 Å². The Balaban J connectivity index is 1.28. The highest BCUT2D eigenvalue weighted by Gasteiger charge is 2.39. The summed E-state index contributed by atoms with van der Waals surface area (Å²) in [6, 6.07) is 14.0. The average molecular weight is 445 g/mol. The quantitative estimate of drug-likeness (QED) is 0.636. The summed E-state index contributed by atoms with van der Waals surface area (Å²) in [7, 11) is 0. The van der Waals surface area contributed by atoms with Crippen LogP contribution < -0.4 is 5.32 Å². The number of H-pyrrole nitrogens is 1. The number of nitrogens with zero attached hydrogens (tertiary/aromatic N) is 2. The molecule has 8 heteroatoms. The smallest absolute Gasteiger partial charge is 0.272 e. The molecule has 3 heterocycles. The number of carbonyl (C=O) groups is 1. The standard InChI is InChI=1S/C22H22Cl2N4O2/c23-18-6-5-13(7-19(18)24)10-28-15-8-14(9-16(28)12-30-11-15)25-22(29)21-17-3-1-2-4-20(17)26-27-21/h1-7,14-16H,8-12H2,(H,25,29)(H,26,27)/t14?,15-,16+. The maximum absolute atomic E-state index is 12.9. The third-order valence-corrected chi connectivity index (χ3v) is 6.78. The molecule has 3 atom stereocenters. The van der Waals surface area contributed by atoms with Crippen LogP contribution in [0.15, 0.2) is 42.5 Å². The van der Waals surface area contributed by atoms with Gasteiger partial charge in [0.1, 0.15) is 0 Å². The predicted molar refractivity (Wildman–Crippen MR) is 117 cm³/mol. The number of nitrogens with one attached hydrogen (secondary N) is 2. The van der Waals surface area contributed by atoms with E-state index in [-0.39, 0.29) is 24.0 Å². The molecule has 2 aliphatic rings. The summed E-state index contributed by atoms with van der Waals surface area (Å²) in [4.78, 5) is 15.4. The van der Waals surface area contributed by atoms with Gasteiger partial charge in [0.05, 0.1) is 28.8 Å². The Morgan fingerprint density at radius 2 is 1.90 bits per heavy atom. The molecule has 1 amide bonds. The van der Waals surface area contributed by atoms with Gasteiger partial charge in [-0.2, -0.15) is 5.10 Å². The fourth-order valence-corrected chi connectivity index (χ4v) is 4.93. The van der Waals surface area contributed by atoms with Gasteiger partial charge in [0.2, 0.25) is 0 Å². The summed E-state index contributed by atoms with van der Waals surface area (Å²) in [6.45, 7) is 2.12. The van der Waals surface area contributed by atoms with E-state index in [0.29, 0.717) is 29.0 Å². The highest BCUT2D eigenvalue weighted by atomic mass is 35.5. The Kier molecular flexibility index (Phi) is 5.41. The van der Waals surface area contributed by atoms with Gasteiger partial charge in [-0.05, 0) is 36.6 Å². The van der Waals surface area contributed by atoms with E-state index in [1.54, 1.807) is 0 Å². The van der Waals surface area contributed by atoms with Crippen molar-refractivity contribution in [3.63, 3.8) is 0 Å². The molecule has 0 saturated carbocycles. The lowest BCUT2D eigenvalue weighted by molar-refractivity contribution is -0.0843. The number of halogens is 2. The van der Waals surface area contributed by atoms with E-state index in [1.165, 1.54) is 0 Å². The van der Waals surface area contributed by atoms with Crippen LogP contribution >= 0.6 is 23.2 Å². The lowest BCUT2D eigenvalue weighted by atomic mass is 9.89. The minimum Gasteiger partial charge on any atom is -0.378 e. The Hall–Kier alpha value is -2.12. The molecule has 3 aromatic rings. The summed E-state index contributed by atoms with van der Waals surface area (Å²) >= 11 is 12.2. The largest absolute Gasteiger partial charge is 0.378 e. The molecular weight excluding hydrogens is 423 g/mol. The molecule has 2 aromatic carbocycles. The highest BCUT2D eigenvalue weighted by Crippen LogP contribution is 2.31. The molecule has 5 rings (SSSR count). The average Bonchev–Trinajstić information content (AvgIpc) is 3.15. The number of benzene rings is 2. The van der Waals surface area contributed by atoms with Crippen molar-refractivity contribution in [1.82, 2.24) is 20.4 Å². The minimum absolute atomic E-state index is 0.0944. The number of amides is 1. The van der Waals surface area contributed by atoms with E-state index < -0.39 is 0 Å². The maximum atomic E-state index is 12.9. The molecule has 30 heavy (non-hydrogen) atoms. The number of aromatic amines is 1. The van der Waals surface area contributed by atoms with Crippen LogP contribution in [0.5, 0.6) is 0 Å². The fourth-order valence-electron chi connectivity index (χ4n) is 4.60. The summed E-state index contributed by atoms with van der Waals surface area (Å²) in [5.74, 6) is -0.130. The van der Waals surface area contributed by atoms with E-state index >= 15 is 0 Å². The number of piperidine rings is 1. The van der Waals surface area contributed by atoms with Gasteiger partial charge < -0.3 is 10.1 Å². The van der Waals surface area contributed by atoms with Gasteiger partial charge in [-0.15, -0.1) is 0 Å². The molecule has 2 bridgehead atoms. The third-order valence-electron chi connectivity index (χ3n) is 6.04. The Morgan fingerprint density at radius 3 is 2.67 bits per heavy atom. The molecular formula is C22H22Cl2N4O2. The minimum atomic E-state index is -0.130. The molecule has 2 aliphatic heterocycles. The van der Waals surface area contributed by atoms with Gasteiger partial charge in [0.15, 0.2) is 5.69 Å². The number of fused-ring (bicyclic) bond motifs is 3. The SMILES string of the molecule is O=C(NC1C[C@H]2COC[C@@H](C1)N2Cc1ccc(Cl)c(Cl)c1)c1n[nH]c2ccccc12. The van der Waals surface area contributed by atoms with Gasteiger partial charge in [-0.3, -0.25) is 14.8 Å². The number of aromatic nitrogens is 2. The van der Waals surface area contributed by atoms with Crippen molar-refractivity contribution < 1.29 is 9.53 Å². The normalized spacial score (nSPS) is 24.1. The first-order chi connectivity index (χ1) is 14.6. The molecule has 6 nitrogen and oxygen atoms in total. The second-order valence-corrected chi connectivity index (χ2v) is 8.84. The number of ether oxygens (including phenoxy) is 1. The monoisotopic (exact) mass is 444 g/mol. The zero-order valence-electron chi connectivity index (χ0n) is 16.3. The molecule has 1 unspecified atom stereocenters. The molecule has 1 aromatic heterocycles. The number of hydrogen-bond donors (Lipinski definition) is 2. The first-order valence-corrected chi connectivity index (χ1v) is 10.9. The van der Waals surface area contributed by atoms with Crippen LogP contribution in [0.4, 0.5) is 0 Å². The van der Waals surface area contributed by atoms with Crippen LogP contribution in [0.3, 0.4) is 0 Å². The highest BCUT2D eigenvalue weighted by molar-refractivity contribution is 6.42. The third kappa shape index (κ3) is 3.81. The van der Waals surface area contributed by atoms with E-state index in [0.717, 1.165) is 35.9 Å². The lowest BCUT2D eigenvalue weighted by Gasteiger charge is -2.48. The van der Waals surface area contributed by atoms with Crippen molar-refractivity contribution in [1.29, 1.82) is 0 Å². The summed E-state index contributed by atoms with van der Waals surface area (Å²) in [5, 5.41) is 12.3. The zero-order chi connectivity index (χ0) is 20.7. The van der Waals surface area contributed by atoms with Crippen molar-refractivity contribution >= 4 is 40.0 Å². The van der Waals surface area contributed by atoms with Crippen LogP contribution in [0, 0.1) is 0 Å². The number of carbonyl (C=O) groups excluding carboxylic acids is 1. The van der Waals surface area contributed by atoms with Crippen molar-refractivity contribution in [3.8, 4) is 0 Å². The van der Waals surface area contributed by atoms with E-state index in [9.17, 15) is 4.79 Å². The van der Waals surface area contributed by atoms with Crippen LogP contribution in [-0.2, 0) is 11.3 Å². The van der Waals surface area contributed by atoms with Gasteiger partial charge >= 0.3 is 0 Å². The van der Waals surface area contributed by atoms with Crippen molar-refractivity contribution in [2.75, 3.05) is 13.2 Å². The summed E-state index contributed by atoms with van der Waals surface area (Å²) in [5.41, 5.74) is 2.45. The van der Waals surface area contributed by atoms with Gasteiger partial charge in [-0.1, -0.05) is 47.5 Å². The first kappa shape index (κ1) is 19.8. The number of para-hydroxylation sites is 1. The molecule has 2 fully saturated rings. The molecule has 0 aliphatic carbocycles. The number of morpholine rings is 1.